The van der Waals surface area contributed by atoms with Crippen LogP contribution in [-0.2, 0) is 10.8 Å². The highest BCUT2D eigenvalue weighted by molar-refractivity contribution is 6.10. The van der Waals surface area contributed by atoms with Crippen molar-refractivity contribution in [3.8, 4) is 33.4 Å². The van der Waals surface area contributed by atoms with Crippen LogP contribution >= 0.6 is 0 Å². The van der Waals surface area contributed by atoms with E-state index in [1.165, 1.54) is 93.9 Å². The molecule has 0 spiro atoms. The molecule has 294 valence electrons. The molecule has 0 radical (unpaired) electrons. The minimum absolute atomic E-state index is 0.250. The number of nitrogens with zero attached hydrogens (tertiary/aromatic N) is 1. The summed E-state index contributed by atoms with van der Waals surface area (Å²) in [6, 6.07) is 81.4. The summed E-state index contributed by atoms with van der Waals surface area (Å²) in [6.45, 7) is 7.11. The fraction of sp³-hybridized carbons (Fsp3) is 0.0820. The first-order chi connectivity index (χ1) is 30.4. The molecule has 0 saturated carbocycles. The van der Waals surface area contributed by atoms with Gasteiger partial charge in [0.25, 0.3) is 0 Å². The second-order valence-electron chi connectivity index (χ2n) is 17.7. The molecule has 1 heteroatoms. The average Bonchev–Trinajstić information content (AvgIpc) is 3.74. The largest absolute Gasteiger partial charge is 0.310 e. The van der Waals surface area contributed by atoms with Crippen LogP contribution in [0.2, 0.25) is 0 Å². The molecule has 0 aliphatic heterocycles. The summed E-state index contributed by atoms with van der Waals surface area (Å²) >= 11 is 0. The first-order valence-corrected chi connectivity index (χ1v) is 21.8. The maximum absolute atomic E-state index is 2.54. The van der Waals surface area contributed by atoms with Gasteiger partial charge in [-0.25, -0.2) is 0 Å². The van der Waals surface area contributed by atoms with Crippen molar-refractivity contribution >= 4 is 38.6 Å². The molecule has 0 N–H and O–H groups in total. The minimum atomic E-state index is -0.514. The second-order valence-corrected chi connectivity index (χ2v) is 17.7. The van der Waals surface area contributed by atoms with Crippen molar-refractivity contribution in [1.82, 2.24) is 0 Å². The fourth-order valence-corrected chi connectivity index (χ4v) is 11.2. The summed E-state index contributed by atoms with van der Waals surface area (Å²) in [5, 5.41) is 5.19. The zero-order valence-corrected chi connectivity index (χ0v) is 35.2. The lowest BCUT2D eigenvalue weighted by molar-refractivity contribution is 0.661. The molecule has 62 heavy (non-hydrogen) atoms. The summed E-state index contributed by atoms with van der Waals surface area (Å²) in [5.74, 6) is 0. The van der Waals surface area contributed by atoms with Crippen LogP contribution in [0.5, 0.6) is 0 Å². The summed E-state index contributed by atoms with van der Waals surface area (Å²) in [4.78, 5) is 2.38. The predicted molar refractivity (Wildman–Crippen MR) is 261 cm³/mol. The SMILES string of the molecule is Cc1cc2c(c3ccccc13)-c1ccc(-c3cc4c(c5ccccc35)-c3ccc(N(c5ccccc5)c5ccccc5)cc3C4(C)C)cc1C2(c1ccccc1)c1ccccc1. The molecule has 2 aliphatic carbocycles. The van der Waals surface area contributed by atoms with Gasteiger partial charge in [0.15, 0.2) is 0 Å². The third-order valence-electron chi connectivity index (χ3n) is 14.0. The van der Waals surface area contributed by atoms with E-state index >= 15 is 0 Å². The van der Waals surface area contributed by atoms with Gasteiger partial charge in [-0.15, -0.1) is 0 Å². The van der Waals surface area contributed by atoms with E-state index < -0.39 is 5.41 Å². The van der Waals surface area contributed by atoms with Gasteiger partial charge >= 0.3 is 0 Å². The van der Waals surface area contributed by atoms with Crippen molar-refractivity contribution in [1.29, 1.82) is 0 Å². The van der Waals surface area contributed by atoms with E-state index in [0.29, 0.717) is 0 Å². The Kier molecular flexibility index (Phi) is 8.08. The van der Waals surface area contributed by atoms with E-state index in [1.807, 2.05) is 0 Å². The van der Waals surface area contributed by atoms with Gasteiger partial charge in [-0.2, -0.15) is 0 Å². The van der Waals surface area contributed by atoms with Crippen molar-refractivity contribution < 1.29 is 0 Å². The molecule has 0 bridgehead atoms. The van der Waals surface area contributed by atoms with Gasteiger partial charge in [0.2, 0.25) is 0 Å². The standard InChI is InChI=1S/C61H45N/c1-40-36-57-59(49-30-18-16-28-47(40)49)52-34-32-41(37-55(52)61(57,42-20-8-4-9-21-42)43-22-10-5-11-23-43)53-39-56-58(50-31-19-17-29-48(50)53)51-35-33-46(38-54(51)60(56,2)3)62(44-24-12-6-13-25-44)45-26-14-7-15-27-45/h4-39H,1-3H3. The van der Waals surface area contributed by atoms with E-state index in [4.69, 9.17) is 0 Å². The Hall–Kier alpha value is -7.48. The van der Waals surface area contributed by atoms with Gasteiger partial charge in [0.05, 0.1) is 5.41 Å². The molecule has 0 aromatic heterocycles. The maximum Gasteiger partial charge on any atom is 0.0714 e. The zero-order chi connectivity index (χ0) is 41.6. The molecule has 10 aromatic carbocycles. The predicted octanol–water partition coefficient (Wildman–Crippen LogP) is 16.1. The number of rotatable bonds is 6. The van der Waals surface area contributed by atoms with Crippen molar-refractivity contribution in [3.05, 3.63) is 257 Å². The average molecular weight is 792 g/mol. The third kappa shape index (κ3) is 5.15. The maximum atomic E-state index is 2.54. The number of fused-ring (bicyclic) bond motifs is 10. The summed E-state index contributed by atoms with van der Waals surface area (Å²) in [7, 11) is 0. The Morgan fingerprint density at radius 3 is 1.44 bits per heavy atom. The monoisotopic (exact) mass is 791 g/mol. The van der Waals surface area contributed by atoms with Crippen LogP contribution in [0.4, 0.5) is 17.1 Å². The van der Waals surface area contributed by atoms with Gasteiger partial charge in [-0.3, -0.25) is 0 Å². The molecular weight excluding hydrogens is 747 g/mol. The zero-order valence-electron chi connectivity index (χ0n) is 35.2. The number of hydrogen-bond acceptors (Lipinski definition) is 1. The van der Waals surface area contributed by atoms with E-state index in [1.54, 1.807) is 0 Å². The number of hydrogen-bond donors (Lipinski definition) is 0. The second kappa shape index (κ2) is 13.8. The van der Waals surface area contributed by atoms with Crippen molar-refractivity contribution in [2.75, 3.05) is 4.90 Å². The smallest absolute Gasteiger partial charge is 0.0714 e. The molecule has 12 rings (SSSR count). The van der Waals surface area contributed by atoms with Crippen LogP contribution in [0.3, 0.4) is 0 Å². The highest BCUT2D eigenvalue weighted by Gasteiger charge is 2.47. The Labute approximate surface area is 364 Å². The lowest BCUT2D eigenvalue weighted by Gasteiger charge is -2.34. The first-order valence-electron chi connectivity index (χ1n) is 21.8. The lowest BCUT2D eigenvalue weighted by Crippen LogP contribution is -2.28. The van der Waals surface area contributed by atoms with E-state index in [2.05, 4.69) is 244 Å². The molecule has 0 atom stereocenters. The number of benzene rings is 10. The number of para-hydroxylation sites is 2. The van der Waals surface area contributed by atoms with Crippen molar-refractivity contribution in [2.24, 2.45) is 0 Å². The number of aryl methyl sites for hydroxylation is 1. The van der Waals surface area contributed by atoms with E-state index in [9.17, 15) is 0 Å². The Morgan fingerprint density at radius 1 is 0.339 bits per heavy atom. The Balaban J connectivity index is 1.09. The topological polar surface area (TPSA) is 3.24 Å². The van der Waals surface area contributed by atoms with Crippen LogP contribution in [0.1, 0.15) is 52.8 Å². The first kappa shape index (κ1) is 36.4. The molecule has 0 unspecified atom stereocenters. The summed E-state index contributed by atoms with van der Waals surface area (Å²) in [6.07, 6.45) is 0. The highest BCUT2D eigenvalue weighted by Crippen LogP contribution is 2.60. The molecule has 2 aliphatic rings. The normalized spacial score (nSPS) is 14.0. The molecule has 1 nitrogen and oxygen atoms in total. The third-order valence-corrected chi connectivity index (χ3v) is 14.0. The van der Waals surface area contributed by atoms with Gasteiger partial charge in [0.1, 0.15) is 0 Å². The Morgan fingerprint density at radius 2 is 0.823 bits per heavy atom. The minimum Gasteiger partial charge on any atom is -0.310 e. The fourth-order valence-electron chi connectivity index (χ4n) is 11.2. The quantitative estimate of drug-likeness (QED) is 0.162. The highest BCUT2D eigenvalue weighted by atomic mass is 15.1. The molecule has 0 heterocycles. The Bertz CT molecular complexity index is 3290. The van der Waals surface area contributed by atoms with Crippen molar-refractivity contribution in [2.45, 2.75) is 31.6 Å². The van der Waals surface area contributed by atoms with Gasteiger partial charge < -0.3 is 4.90 Å². The molecule has 10 aromatic rings. The van der Waals surface area contributed by atoms with Crippen LogP contribution in [0, 0.1) is 6.92 Å². The van der Waals surface area contributed by atoms with Crippen LogP contribution in [0.25, 0.3) is 54.9 Å². The molecular formula is C61H45N. The number of anilines is 3. The van der Waals surface area contributed by atoms with E-state index in [0.717, 1.165) is 17.1 Å². The van der Waals surface area contributed by atoms with Crippen LogP contribution < -0.4 is 4.90 Å². The summed E-state index contributed by atoms with van der Waals surface area (Å²) in [5.41, 5.74) is 19.8. The lowest BCUT2D eigenvalue weighted by atomic mass is 9.67. The van der Waals surface area contributed by atoms with Gasteiger partial charge in [0, 0.05) is 22.5 Å². The molecule has 0 amide bonds. The van der Waals surface area contributed by atoms with Gasteiger partial charge in [-0.05, 0) is 149 Å². The molecule has 0 saturated heterocycles. The summed E-state index contributed by atoms with van der Waals surface area (Å²) < 4.78 is 0. The molecule has 0 fully saturated rings. The van der Waals surface area contributed by atoms with Crippen LogP contribution in [0.15, 0.2) is 218 Å². The van der Waals surface area contributed by atoms with Crippen molar-refractivity contribution in [3.63, 3.8) is 0 Å². The van der Waals surface area contributed by atoms with E-state index in [-0.39, 0.29) is 5.41 Å². The van der Waals surface area contributed by atoms with Gasteiger partial charge in [-0.1, -0.05) is 184 Å². The van der Waals surface area contributed by atoms with Crippen LogP contribution in [-0.4, -0.2) is 0 Å².